The predicted molar refractivity (Wildman–Crippen MR) is 81.8 cm³/mol. The number of pyridine rings is 1. The van der Waals surface area contributed by atoms with Crippen molar-refractivity contribution in [3.8, 4) is 0 Å². The molecule has 0 spiro atoms. The summed E-state index contributed by atoms with van der Waals surface area (Å²) in [7, 11) is 0. The molecule has 2 heterocycles. The van der Waals surface area contributed by atoms with Crippen molar-refractivity contribution in [3.05, 3.63) is 41.0 Å². The molecule has 0 aromatic carbocycles. The smallest absolute Gasteiger partial charge is 0.192 e. The molecule has 0 aliphatic heterocycles. The summed E-state index contributed by atoms with van der Waals surface area (Å²) in [6, 6.07) is 4.01. The van der Waals surface area contributed by atoms with Crippen molar-refractivity contribution in [1.82, 2.24) is 15.0 Å². The molecule has 20 heavy (non-hydrogen) atoms. The van der Waals surface area contributed by atoms with Crippen molar-refractivity contribution in [2.24, 2.45) is 5.73 Å². The highest BCUT2D eigenvalue weighted by molar-refractivity contribution is 7.99. The Morgan fingerprint density at radius 1 is 1.15 bits per heavy atom. The number of hydrogen-bond acceptors (Lipinski definition) is 5. The lowest BCUT2D eigenvalue weighted by atomic mass is 10.1. The number of rotatable bonds is 4. The van der Waals surface area contributed by atoms with Gasteiger partial charge in [-0.3, -0.25) is 4.98 Å². The minimum absolute atomic E-state index is 0.00848. The number of nitrogens with two attached hydrogens (primary N) is 1. The average molecular weight is 288 g/mol. The highest BCUT2D eigenvalue weighted by atomic mass is 32.2. The van der Waals surface area contributed by atoms with Crippen LogP contribution in [-0.4, -0.2) is 15.0 Å². The first-order chi connectivity index (χ1) is 9.51. The van der Waals surface area contributed by atoms with Gasteiger partial charge in [0.2, 0.25) is 0 Å². The topological polar surface area (TPSA) is 64.7 Å². The van der Waals surface area contributed by atoms with E-state index >= 15 is 0 Å². The maximum absolute atomic E-state index is 5.96. The molecule has 2 aromatic rings. The minimum atomic E-state index is 0.00848. The first kappa shape index (κ1) is 14.9. The van der Waals surface area contributed by atoms with Crippen LogP contribution in [0.15, 0.2) is 28.4 Å². The van der Waals surface area contributed by atoms with Gasteiger partial charge in [0.1, 0.15) is 0 Å². The van der Waals surface area contributed by atoms with Gasteiger partial charge in [0, 0.05) is 28.5 Å². The normalized spacial score (nSPS) is 12.4. The number of aromatic nitrogens is 3. The third kappa shape index (κ3) is 3.35. The fraction of sp³-hybridized carbons (Fsp3) is 0.400. The summed E-state index contributed by atoms with van der Waals surface area (Å²) < 4.78 is 0. The fourth-order valence-electron chi connectivity index (χ4n) is 1.77. The summed E-state index contributed by atoms with van der Waals surface area (Å²) in [5.41, 5.74) is 10.1. The molecule has 106 valence electrons. The van der Waals surface area contributed by atoms with Crippen LogP contribution >= 0.6 is 11.8 Å². The molecule has 0 saturated carbocycles. The molecule has 2 N–H and O–H groups in total. The molecule has 5 heteroatoms. The summed E-state index contributed by atoms with van der Waals surface area (Å²) in [5.74, 6) is 0. The van der Waals surface area contributed by atoms with E-state index in [1.54, 1.807) is 0 Å². The lowest BCUT2D eigenvalue weighted by molar-refractivity contribution is 0.674. The third-order valence-corrected chi connectivity index (χ3v) is 4.24. The van der Waals surface area contributed by atoms with Gasteiger partial charge in [-0.25, -0.2) is 9.97 Å². The fourth-order valence-corrected chi connectivity index (χ4v) is 2.59. The van der Waals surface area contributed by atoms with Gasteiger partial charge < -0.3 is 5.73 Å². The van der Waals surface area contributed by atoms with Crippen molar-refractivity contribution in [2.45, 2.75) is 50.2 Å². The molecule has 0 saturated heterocycles. The van der Waals surface area contributed by atoms with E-state index in [9.17, 15) is 0 Å². The predicted octanol–water partition coefficient (Wildman–Crippen LogP) is 3.36. The Hall–Kier alpha value is -1.46. The van der Waals surface area contributed by atoms with E-state index < -0.39 is 0 Å². The van der Waals surface area contributed by atoms with E-state index in [2.05, 4.69) is 21.9 Å². The first-order valence-electron chi connectivity index (χ1n) is 6.72. The van der Waals surface area contributed by atoms with Crippen LogP contribution in [-0.2, 0) is 0 Å². The number of hydrogen-bond donors (Lipinski definition) is 1. The maximum Gasteiger partial charge on any atom is 0.192 e. The molecular weight excluding hydrogens is 268 g/mol. The molecule has 0 aliphatic rings. The second-order valence-corrected chi connectivity index (χ2v) is 5.88. The molecule has 0 fully saturated rings. The van der Waals surface area contributed by atoms with Crippen LogP contribution in [0, 0.1) is 20.8 Å². The van der Waals surface area contributed by atoms with Gasteiger partial charge in [0.15, 0.2) is 5.16 Å². The zero-order valence-corrected chi connectivity index (χ0v) is 13.2. The molecule has 4 nitrogen and oxygen atoms in total. The molecule has 0 unspecified atom stereocenters. The van der Waals surface area contributed by atoms with Crippen molar-refractivity contribution in [1.29, 1.82) is 0 Å². The summed E-state index contributed by atoms with van der Waals surface area (Å²) in [4.78, 5) is 14.4. The molecule has 0 amide bonds. The quantitative estimate of drug-likeness (QED) is 0.874. The van der Waals surface area contributed by atoms with Gasteiger partial charge in [-0.1, -0.05) is 6.92 Å². The Morgan fingerprint density at radius 2 is 1.80 bits per heavy atom. The summed E-state index contributed by atoms with van der Waals surface area (Å²) in [6.45, 7) is 8.12. The van der Waals surface area contributed by atoms with Gasteiger partial charge in [-0.15, -0.1) is 0 Å². The Bertz CT molecular complexity index is 572. The zero-order valence-electron chi connectivity index (χ0n) is 12.3. The summed E-state index contributed by atoms with van der Waals surface area (Å²) in [5, 5.41) is 0.764. The van der Waals surface area contributed by atoms with Crippen molar-refractivity contribution < 1.29 is 0 Å². The maximum atomic E-state index is 5.96. The highest BCUT2D eigenvalue weighted by Gasteiger charge is 2.08. The van der Waals surface area contributed by atoms with Crippen LogP contribution in [0.5, 0.6) is 0 Å². The van der Waals surface area contributed by atoms with Crippen LogP contribution in [0.25, 0.3) is 0 Å². The molecule has 0 radical (unpaired) electrons. The van der Waals surface area contributed by atoms with Crippen molar-refractivity contribution in [3.63, 3.8) is 0 Å². The lowest BCUT2D eigenvalue weighted by Crippen LogP contribution is -2.10. The average Bonchev–Trinajstić information content (AvgIpc) is 2.44. The van der Waals surface area contributed by atoms with Gasteiger partial charge >= 0.3 is 0 Å². The molecular formula is C15H20N4S. The van der Waals surface area contributed by atoms with E-state index in [0.29, 0.717) is 0 Å². The zero-order chi connectivity index (χ0) is 14.7. The Kier molecular flexibility index (Phi) is 4.73. The highest BCUT2D eigenvalue weighted by Crippen LogP contribution is 2.26. The molecule has 2 aromatic heterocycles. The van der Waals surface area contributed by atoms with Crippen LogP contribution < -0.4 is 5.73 Å². The van der Waals surface area contributed by atoms with Crippen LogP contribution in [0.3, 0.4) is 0 Å². The van der Waals surface area contributed by atoms with Crippen molar-refractivity contribution >= 4 is 11.8 Å². The second kappa shape index (κ2) is 6.33. The number of aryl methyl sites for hydroxylation is 2. The van der Waals surface area contributed by atoms with Gasteiger partial charge in [-0.05, 0) is 56.7 Å². The summed E-state index contributed by atoms with van der Waals surface area (Å²) >= 11 is 1.53. The minimum Gasteiger partial charge on any atom is -0.323 e. The standard InChI is InChI=1S/C15H20N4S/c1-5-13(16)14-7-6-12(8-17-14)20-15-18-10(3)9(2)11(4)19-15/h6-8,13H,5,16H2,1-4H3/t13-/m1/s1. The van der Waals surface area contributed by atoms with Crippen LogP contribution in [0.1, 0.15) is 42.0 Å². The molecule has 0 aliphatic carbocycles. The largest absolute Gasteiger partial charge is 0.323 e. The van der Waals surface area contributed by atoms with E-state index in [1.807, 2.05) is 39.1 Å². The summed E-state index contributed by atoms with van der Waals surface area (Å²) in [6.07, 6.45) is 2.72. The SMILES string of the molecule is CC[C@@H](N)c1ccc(Sc2nc(C)c(C)c(C)n2)cn1. The van der Waals surface area contributed by atoms with Gasteiger partial charge in [0.05, 0.1) is 5.69 Å². The molecule has 0 bridgehead atoms. The molecule has 2 rings (SSSR count). The van der Waals surface area contributed by atoms with E-state index in [4.69, 9.17) is 5.73 Å². The van der Waals surface area contributed by atoms with Gasteiger partial charge in [-0.2, -0.15) is 0 Å². The van der Waals surface area contributed by atoms with E-state index in [0.717, 1.165) is 39.1 Å². The van der Waals surface area contributed by atoms with E-state index in [-0.39, 0.29) is 6.04 Å². The lowest BCUT2D eigenvalue weighted by Gasteiger charge is -2.09. The first-order valence-corrected chi connectivity index (χ1v) is 7.54. The number of nitrogens with zero attached hydrogens (tertiary/aromatic N) is 3. The third-order valence-electron chi connectivity index (χ3n) is 3.40. The second-order valence-electron chi connectivity index (χ2n) is 4.84. The monoisotopic (exact) mass is 288 g/mol. The van der Waals surface area contributed by atoms with Crippen molar-refractivity contribution in [2.75, 3.05) is 0 Å². The Balaban J connectivity index is 2.18. The Labute approximate surface area is 124 Å². The van der Waals surface area contributed by atoms with Crippen LogP contribution in [0.2, 0.25) is 0 Å². The van der Waals surface area contributed by atoms with Gasteiger partial charge in [0.25, 0.3) is 0 Å². The Morgan fingerprint density at radius 3 is 2.30 bits per heavy atom. The molecule has 1 atom stereocenters. The van der Waals surface area contributed by atoms with E-state index in [1.165, 1.54) is 11.8 Å². The van der Waals surface area contributed by atoms with Crippen LogP contribution in [0.4, 0.5) is 0 Å².